The van der Waals surface area contributed by atoms with Crippen molar-refractivity contribution < 1.29 is 9.90 Å². The van der Waals surface area contributed by atoms with Gasteiger partial charge in [-0.2, -0.15) is 0 Å². The minimum Gasteiger partial charge on any atom is -0.481 e. The second kappa shape index (κ2) is 3.39. The van der Waals surface area contributed by atoms with Crippen molar-refractivity contribution in [2.45, 2.75) is 19.3 Å². The Morgan fingerprint density at radius 3 is 2.86 bits per heavy atom. The van der Waals surface area contributed by atoms with E-state index in [-0.39, 0.29) is 11.8 Å². The van der Waals surface area contributed by atoms with Crippen LogP contribution >= 0.6 is 15.9 Å². The smallest absolute Gasteiger partial charge is 0.307 e. The maximum absolute atomic E-state index is 10.7. The van der Waals surface area contributed by atoms with E-state index < -0.39 is 5.97 Å². The molecule has 0 saturated heterocycles. The van der Waals surface area contributed by atoms with E-state index in [2.05, 4.69) is 15.9 Å². The molecule has 1 aromatic rings. The van der Waals surface area contributed by atoms with Crippen LogP contribution in [0, 0.1) is 12.8 Å². The summed E-state index contributed by atoms with van der Waals surface area (Å²) in [5.41, 5.74) is 2.36. The van der Waals surface area contributed by atoms with Crippen LogP contribution in [0.1, 0.15) is 23.5 Å². The van der Waals surface area contributed by atoms with E-state index in [1.807, 2.05) is 25.1 Å². The fraction of sp³-hybridized carbons (Fsp3) is 0.364. The SMILES string of the molecule is Cc1ccc(Br)cc1C1CC1C(=O)O. The van der Waals surface area contributed by atoms with Gasteiger partial charge < -0.3 is 5.11 Å². The Hall–Kier alpha value is -0.830. The standard InChI is InChI=1S/C11H11BrO2/c1-6-2-3-7(12)4-8(6)9-5-10(9)11(13)14/h2-4,9-10H,5H2,1H3,(H,13,14). The highest BCUT2D eigenvalue weighted by atomic mass is 79.9. The molecule has 1 fully saturated rings. The van der Waals surface area contributed by atoms with Crippen molar-refractivity contribution in [3.63, 3.8) is 0 Å². The summed E-state index contributed by atoms with van der Waals surface area (Å²) < 4.78 is 1.02. The number of carboxylic acid groups (broad SMARTS) is 1. The Kier molecular flexibility index (Phi) is 2.35. The molecule has 2 unspecified atom stereocenters. The summed E-state index contributed by atoms with van der Waals surface area (Å²) in [7, 11) is 0. The molecular weight excluding hydrogens is 244 g/mol. The Bertz CT molecular complexity index is 387. The van der Waals surface area contributed by atoms with E-state index in [0.717, 1.165) is 10.9 Å². The van der Waals surface area contributed by atoms with Gasteiger partial charge in [0, 0.05) is 4.47 Å². The van der Waals surface area contributed by atoms with Gasteiger partial charge in [0.1, 0.15) is 0 Å². The van der Waals surface area contributed by atoms with Crippen LogP contribution in [0.2, 0.25) is 0 Å². The molecule has 0 radical (unpaired) electrons. The summed E-state index contributed by atoms with van der Waals surface area (Å²) in [6.07, 6.45) is 0.784. The van der Waals surface area contributed by atoms with Gasteiger partial charge in [-0.15, -0.1) is 0 Å². The molecule has 1 aromatic carbocycles. The average Bonchev–Trinajstić information content (AvgIpc) is 2.88. The van der Waals surface area contributed by atoms with Crippen molar-refractivity contribution in [1.29, 1.82) is 0 Å². The number of benzene rings is 1. The van der Waals surface area contributed by atoms with Crippen LogP contribution in [0.4, 0.5) is 0 Å². The van der Waals surface area contributed by atoms with Crippen molar-refractivity contribution in [3.8, 4) is 0 Å². The highest BCUT2D eigenvalue weighted by Gasteiger charge is 2.44. The number of halogens is 1. The molecule has 0 aromatic heterocycles. The van der Waals surface area contributed by atoms with E-state index in [4.69, 9.17) is 5.11 Å². The molecule has 0 spiro atoms. The third-order valence-corrected chi connectivity index (χ3v) is 3.24. The molecule has 0 aliphatic heterocycles. The fourth-order valence-electron chi connectivity index (χ4n) is 1.82. The lowest BCUT2D eigenvalue weighted by Crippen LogP contribution is -1.99. The average molecular weight is 255 g/mol. The first-order valence-corrected chi connectivity index (χ1v) is 5.37. The van der Waals surface area contributed by atoms with Gasteiger partial charge in [0.05, 0.1) is 5.92 Å². The summed E-state index contributed by atoms with van der Waals surface area (Å²) in [4.78, 5) is 10.7. The molecule has 0 bridgehead atoms. The zero-order valence-electron chi connectivity index (χ0n) is 7.83. The topological polar surface area (TPSA) is 37.3 Å². The molecular formula is C11H11BrO2. The first kappa shape index (κ1) is 9.71. The van der Waals surface area contributed by atoms with Crippen LogP contribution in [-0.2, 0) is 4.79 Å². The van der Waals surface area contributed by atoms with Gasteiger partial charge >= 0.3 is 5.97 Å². The lowest BCUT2D eigenvalue weighted by Gasteiger charge is -2.04. The Labute approximate surface area is 91.1 Å². The number of carbonyl (C=O) groups is 1. The van der Waals surface area contributed by atoms with E-state index in [9.17, 15) is 4.79 Å². The minimum absolute atomic E-state index is 0.164. The number of aliphatic carboxylic acids is 1. The van der Waals surface area contributed by atoms with Gasteiger partial charge in [-0.05, 0) is 42.5 Å². The molecule has 3 heteroatoms. The molecule has 14 heavy (non-hydrogen) atoms. The number of carboxylic acids is 1. The van der Waals surface area contributed by atoms with Crippen molar-refractivity contribution in [3.05, 3.63) is 33.8 Å². The molecule has 1 saturated carbocycles. The molecule has 2 rings (SSSR count). The number of hydrogen-bond acceptors (Lipinski definition) is 1. The lowest BCUT2D eigenvalue weighted by molar-refractivity contribution is -0.138. The van der Waals surface area contributed by atoms with E-state index in [0.29, 0.717) is 0 Å². The maximum Gasteiger partial charge on any atom is 0.307 e. The molecule has 0 amide bonds. The third-order valence-electron chi connectivity index (χ3n) is 2.75. The zero-order chi connectivity index (χ0) is 10.3. The van der Waals surface area contributed by atoms with Crippen LogP contribution in [0.5, 0.6) is 0 Å². The van der Waals surface area contributed by atoms with Crippen LogP contribution in [0.3, 0.4) is 0 Å². The second-order valence-electron chi connectivity index (χ2n) is 3.79. The van der Waals surface area contributed by atoms with Crippen molar-refractivity contribution >= 4 is 21.9 Å². The van der Waals surface area contributed by atoms with Gasteiger partial charge in [-0.25, -0.2) is 0 Å². The van der Waals surface area contributed by atoms with E-state index in [1.165, 1.54) is 11.1 Å². The molecule has 1 aliphatic carbocycles. The number of aryl methyl sites for hydroxylation is 1. The first-order valence-electron chi connectivity index (χ1n) is 4.58. The summed E-state index contributed by atoms with van der Waals surface area (Å²) >= 11 is 3.40. The summed E-state index contributed by atoms with van der Waals surface area (Å²) in [6, 6.07) is 6.04. The lowest BCUT2D eigenvalue weighted by atomic mass is 10.0. The van der Waals surface area contributed by atoms with E-state index >= 15 is 0 Å². The monoisotopic (exact) mass is 254 g/mol. The molecule has 2 nitrogen and oxygen atoms in total. The van der Waals surface area contributed by atoms with Crippen LogP contribution in [0.15, 0.2) is 22.7 Å². The second-order valence-corrected chi connectivity index (χ2v) is 4.70. The highest BCUT2D eigenvalue weighted by Crippen LogP contribution is 2.48. The first-order chi connectivity index (χ1) is 6.59. The highest BCUT2D eigenvalue weighted by molar-refractivity contribution is 9.10. The van der Waals surface area contributed by atoms with Crippen LogP contribution < -0.4 is 0 Å². The van der Waals surface area contributed by atoms with Crippen molar-refractivity contribution in [1.82, 2.24) is 0 Å². The summed E-state index contributed by atoms with van der Waals surface area (Å²) in [5.74, 6) is -0.609. The molecule has 2 atom stereocenters. The molecule has 1 aliphatic rings. The van der Waals surface area contributed by atoms with Gasteiger partial charge in [0.15, 0.2) is 0 Å². The molecule has 74 valence electrons. The molecule has 0 heterocycles. The van der Waals surface area contributed by atoms with Crippen LogP contribution in [0.25, 0.3) is 0 Å². The predicted octanol–water partition coefficient (Wildman–Crippen LogP) is 2.95. The third kappa shape index (κ3) is 1.69. The molecule has 1 N–H and O–H groups in total. The summed E-state index contributed by atoms with van der Waals surface area (Å²) in [6.45, 7) is 2.03. The van der Waals surface area contributed by atoms with E-state index in [1.54, 1.807) is 0 Å². The van der Waals surface area contributed by atoms with Crippen LogP contribution in [-0.4, -0.2) is 11.1 Å². The van der Waals surface area contributed by atoms with Crippen molar-refractivity contribution in [2.24, 2.45) is 5.92 Å². The van der Waals surface area contributed by atoms with Gasteiger partial charge in [-0.3, -0.25) is 4.79 Å². The Morgan fingerprint density at radius 1 is 1.57 bits per heavy atom. The quantitative estimate of drug-likeness (QED) is 0.882. The number of rotatable bonds is 2. The Balaban J connectivity index is 2.26. The minimum atomic E-state index is -0.672. The zero-order valence-corrected chi connectivity index (χ0v) is 9.41. The number of hydrogen-bond donors (Lipinski definition) is 1. The van der Waals surface area contributed by atoms with Gasteiger partial charge in [0.25, 0.3) is 0 Å². The fourth-order valence-corrected chi connectivity index (χ4v) is 2.20. The maximum atomic E-state index is 10.7. The van der Waals surface area contributed by atoms with Gasteiger partial charge in [-0.1, -0.05) is 22.0 Å². The van der Waals surface area contributed by atoms with Crippen molar-refractivity contribution in [2.75, 3.05) is 0 Å². The summed E-state index contributed by atoms with van der Waals surface area (Å²) in [5, 5.41) is 8.83. The normalized spacial score (nSPS) is 24.7. The Morgan fingerprint density at radius 2 is 2.29 bits per heavy atom. The van der Waals surface area contributed by atoms with Gasteiger partial charge in [0.2, 0.25) is 0 Å². The predicted molar refractivity (Wildman–Crippen MR) is 57.4 cm³/mol. The largest absolute Gasteiger partial charge is 0.481 e.